The molecule has 0 aliphatic carbocycles. The van der Waals surface area contributed by atoms with Gasteiger partial charge in [0, 0.05) is 25.8 Å². The normalized spacial score (nSPS) is 17.9. The van der Waals surface area contributed by atoms with Crippen molar-refractivity contribution < 1.29 is 24.2 Å². The molecule has 1 atom stereocenters. The Morgan fingerprint density at radius 2 is 1.81 bits per heavy atom. The smallest absolute Gasteiger partial charge is 0.295 e. The fourth-order valence-corrected chi connectivity index (χ4v) is 3.95. The third kappa shape index (κ3) is 4.49. The van der Waals surface area contributed by atoms with Crippen LogP contribution in [0.25, 0.3) is 5.76 Å². The minimum atomic E-state index is -0.672. The summed E-state index contributed by atoms with van der Waals surface area (Å²) in [5.74, 6) is -0.791. The van der Waals surface area contributed by atoms with Gasteiger partial charge in [0.1, 0.15) is 11.5 Å². The maximum atomic E-state index is 13.0. The van der Waals surface area contributed by atoms with Gasteiger partial charge in [0.05, 0.1) is 18.7 Å². The van der Waals surface area contributed by atoms with Gasteiger partial charge < -0.3 is 19.5 Å². The molecule has 1 aliphatic rings. The summed E-state index contributed by atoms with van der Waals surface area (Å²) in [6.07, 6.45) is 1.48. The van der Waals surface area contributed by atoms with E-state index < -0.39 is 17.7 Å². The zero-order chi connectivity index (χ0) is 22.5. The van der Waals surface area contributed by atoms with E-state index >= 15 is 0 Å². The molecule has 6 nitrogen and oxygen atoms in total. The van der Waals surface area contributed by atoms with Crippen molar-refractivity contribution in [2.75, 3.05) is 27.4 Å². The number of hydrogen-bond donors (Lipinski definition) is 1. The fourth-order valence-electron chi connectivity index (χ4n) is 3.95. The molecule has 1 saturated heterocycles. The van der Waals surface area contributed by atoms with Crippen molar-refractivity contribution in [2.45, 2.75) is 32.7 Å². The minimum absolute atomic E-state index is 0.111. The van der Waals surface area contributed by atoms with Gasteiger partial charge in [0.25, 0.3) is 11.7 Å². The van der Waals surface area contributed by atoms with E-state index in [9.17, 15) is 14.7 Å². The molecule has 0 aromatic heterocycles. The van der Waals surface area contributed by atoms with Crippen molar-refractivity contribution in [3.8, 4) is 5.75 Å². The Bertz CT molecular complexity index is 993. The lowest BCUT2D eigenvalue weighted by molar-refractivity contribution is -0.140. The van der Waals surface area contributed by atoms with Gasteiger partial charge >= 0.3 is 0 Å². The summed E-state index contributed by atoms with van der Waals surface area (Å²) < 4.78 is 10.4. The number of rotatable bonds is 8. The summed E-state index contributed by atoms with van der Waals surface area (Å²) in [5, 5.41) is 11.2. The number of aliphatic hydroxyl groups excluding tert-OH is 1. The zero-order valence-corrected chi connectivity index (χ0v) is 18.5. The molecule has 2 aromatic rings. The van der Waals surface area contributed by atoms with Crippen LogP contribution < -0.4 is 4.74 Å². The van der Waals surface area contributed by atoms with Gasteiger partial charge in [-0.3, -0.25) is 9.59 Å². The minimum Gasteiger partial charge on any atom is -0.507 e. The first-order valence-corrected chi connectivity index (χ1v) is 10.4. The summed E-state index contributed by atoms with van der Waals surface area (Å²) in [6, 6.07) is 12.4. The SMILES string of the molecule is CCc1ccc(C2/C(=C(/O)c3ccc(OC)cc3C)C(=O)C(=O)N2CCCOC)cc1. The van der Waals surface area contributed by atoms with E-state index in [1.54, 1.807) is 32.4 Å². The van der Waals surface area contributed by atoms with Crippen molar-refractivity contribution in [2.24, 2.45) is 0 Å². The van der Waals surface area contributed by atoms with E-state index in [0.717, 1.165) is 23.1 Å². The summed E-state index contributed by atoms with van der Waals surface area (Å²) >= 11 is 0. The number of Topliss-reactive ketones (excluding diaryl/α,β-unsaturated/α-hetero) is 1. The van der Waals surface area contributed by atoms with Crippen LogP contribution in [0.2, 0.25) is 0 Å². The van der Waals surface area contributed by atoms with Gasteiger partial charge in [-0.1, -0.05) is 31.2 Å². The lowest BCUT2D eigenvalue weighted by Gasteiger charge is -2.25. The number of amides is 1. The number of aliphatic hydroxyl groups is 1. The number of carbonyl (C=O) groups is 2. The quantitative estimate of drug-likeness (QED) is 0.300. The van der Waals surface area contributed by atoms with Crippen molar-refractivity contribution in [1.82, 2.24) is 4.90 Å². The summed E-state index contributed by atoms with van der Waals surface area (Å²) in [7, 11) is 3.17. The Kier molecular flexibility index (Phi) is 7.13. The van der Waals surface area contributed by atoms with Gasteiger partial charge in [-0.15, -0.1) is 0 Å². The number of nitrogens with zero attached hydrogens (tertiary/aromatic N) is 1. The van der Waals surface area contributed by atoms with Gasteiger partial charge in [0.15, 0.2) is 0 Å². The van der Waals surface area contributed by atoms with Crippen LogP contribution in [0.15, 0.2) is 48.0 Å². The van der Waals surface area contributed by atoms with E-state index in [-0.39, 0.29) is 11.3 Å². The van der Waals surface area contributed by atoms with Crippen LogP contribution in [0, 0.1) is 6.92 Å². The number of methoxy groups -OCH3 is 2. The molecule has 31 heavy (non-hydrogen) atoms. The lowest BCUT2D eigenvalue weighted by atomic mass is 9.93. The van der Waals surface area contributed by atoms with Crippen LogP contribution in [-0.4, -0.2) is 49.1 Å². The van der Waals surface area contributed by atoms with Crippen LogP contribution in [0.4, 0.5) is 0 Å². The topological polar surface area (TPSA) is 76.1 Å². The Morgan fingerprint density at radius 3 is 2.39 bits per heavy atom. The van der Waals surface area contributed by atoms with Crippen molar-refractivity contribution in [3.05, 3.63) is 70.3 Å². The highest BCUT2D eigenvalue weighted by Crippen LogP contribution is 2.40. The maximum absolute atomic E-state index is 13.0. The second-order valence-electron chi connectivity index (χ2n) is 7.61. The fraction of sp³-hybridized carbons (Fsp3) is 0.360. The highest BCUT2D eigenvalue weighted by molar-refractivity contribution is 6.46. The van der Waals surface area contributed by atoms with Crippen LogP contribution in [0.3, 0.4) is 0 Å². The maximum Gasteiger partial charge on any atom is 0.295 e. The van der Waals surface area contributed by atoms with Gasteiger partial charge in [-0.2, -0.15) is 0 Å². The van der Waals surface area contributed by atoms with E-state index in [2.05, 4.69) is 6.92 Å². The Balaban J connectivity index is 2.13. The van der Waals surface area contributed by atoms with Crippen molar-refractivity contribution in [1.29, 1.82) is 0 Å². The summed E-state index contributed by atoms with van der Waals surface area (Å²) in [5.41, 5.74) is 3.32. The Labute approximate surface area is 183 Å². The molecular formula is C25H29NO5. The highest BCUT2D eigenvalue weighted by Gasteiger charge is 2.45. The first-order valence-electron chi connectivity index (χ1n) is 10.4. The molecule has 1 amide bonds. The molecule has 0 radical (unpaired) electrons. The number of hydrogen-bond acceptors (Lipinski definition) is 5. The molecular weight excluding hydrogens is 394 g/mol. The summed E-state index contributed by atoms with van der Waals surface area (Å²) in [4.78, 5) is 27.5. The van der Waals surface area contributed by atoms with E-state index in [1.165, 1.54) is 4.90 Å². The average molecular weight is 424 g/mol. The molecule has 0 spiro atoms. The van der Waals surface area contributed by atoms with Crippen LogP contribution in [-0.2, 0) is 20.7 Å². The molecule has 164 valence electrons. The summed E-state index contributed by atoms with van der Waals surface area (Å²) in [6.45, 7) is 4.73. The van der Waals surface area contributed by atoms with Gasteiger partial charge in [-0.05, 0) is 54.7 Å². The first-order chi connectivity index (χ1) is 14.9. The van der Waals surface area contributed by atoms with Gasteiger partial charge in [-0.25, -0.2) is 0 Å². The molecule has 3 rings (SSSR count). The van der Waals surface area contributed by atoms with Crippen LogP contribution in [0.1, 0.15) is 41.6 Å². The van der Waals surface area contributed by atoms with E-state index in [0.29, 0.717) is 30.9 Å². The number of benzene rings is 2. The molecule has 0 bridgehead atoms. The number of carbonyl (C=O) groups excluding carboxylic acids is 2. The predicted octanol–water partition coefficient (Wildman–Crippen LogP) is 4.02. The standard InChI is InChI=1S/C25H29NO5/c1-5-17-7-9-18(10-8-17)22-21(24(28)25(29)26(22)13-6-14-30-3)23(27)20-12-11-19(31-4)15-16(20)2/h7-12,15,22,27H,5-6,13-14H2,1-4H3/b23-21-. The molecule has 6 heteroatoms. The Morgan fingerprint density at radius 1 is 1.10 bits per heavy atom. The number of ether oxygens (including phenoxy) is 2. The average Bonchev–Trinajstić information content (AvgIpc) is 3.03. The second-order valence-corrected chi connectivity index (χ2v) is 7.61. The predicted molar refractivity (Wildman–Crippen MR) is 119 cm³/mol. The monoisotopic (exact) mass is 423 g/mol. The molecule has 1 aliphatic heterocycles. The number of likely N-dealkylation sites (tertiary alicyclic amines) is 1. The number of aryl methyl sites for hydroxylation is 2. The first kappa shape index (κ1) is 22.6. The molecule has 1 heterocycles. The third-order valence-electron chi connectivity index (χ3n) is 5.68. The zero-order valence-electron chi connectivity index (χ0n) is 18.5. The van der Waals surface area contributed by atoms with E-state index in [4.69, 9.17) is 9.47 Å². The largest absolute Gasteiger partial charge is 0.507 e. The van der Waals surface area contributed by atoms with Gasteiger partial charge in [0.2, 0.25) is 0 Å². The van der Waals surface area contributed by atoms with Crippen LogP contribution in [0.5, 0.6) is 5.75 Å². The molecule has 2 aromatic carbocycles. The lowest BCUT2D eigenvalue weighted by Crippen LogP contribution is -2.31. The van der Waals surface area contributed by atoms with Crippen molar-refractivity contribution in [3.63, 3.8) is 0 Å². The molecule has 0 saturated carbocycles. The van der Waals surface area contributed by atoms with E-state index in [1.807, 2.05) is 31.2 Å². The molecule has 1 fully saturated rings. The van der Waals surface area contributed by atoms with Crippen molar-refractivity contribution >= 4 is 17.4 Å². The third-order valence-corrected chi connectivity index (χ3v) is 5.68. The van der Waals surface area contributed by atoms with Crippen LogP contribution >= 0.6 is 0 Å². The highest BCUT2D eigenvalue weighted by atomic mass is 16.5. The Hall–Kier alpha value is -3.12. The molecule has 1 N–H and O–H groups in total. The second kappa shape index (κ2) is 9.79. The number of ketones is 1. The molecule has 1 unspecified atom stereocenters.